The fraction of sp³-hybridized carbons (Fsp3) is 0.400. The quantitative estimate of drug-likeness (QED) is 0.507. The minimum atomic E-state index is -1.09. The van der Waals surface area contributed by atoms with Gasteiger partial charge in [-0.05, 0) is 49.9 Å². The number of thiazole rings is 1. The second kappa shape index (κ2) is 8.62. The van der Waals surface area contributed by atoms with Crippen LogP contribution in [0.4, 0.5) is 4.39 Å². The van der Waals surface area contributed by atoms with E-state index in [-0.39, 0.29) is 17.9 Å². The Kier molecular flexibility index (Phi) is 5.67. The van der Waals surface area contributed by atoms with Gasteiger partial charge in [-0.15, -0.1) is 11.3 Å². The highest BCUT2D eigenvalue weighted by Crippen LogP contribution is 2.44. The van der Waals surface area contributed by atoms with Gasteiger partial charge in [0, 0.05) is 18.0 Å². The summed E-state index contributed by atoms with van der Waals surface area (Å²) in [6.07, 6.45) is 4.58. The first-order valence-corrected chi connectivity index (χ1v) is 12.0. The Labute approximate surface area is 190 Å². The Morgan fingerprint density at radius 3 is 2.53 bits per heavy atom. The van der Waals surface area contributed by atoms with Gasteiger partial charge in [-0.2, -0.15) is 0 Å². The summed E-state index contributed by atoms with van der Waals surface area (Å²) in [5, 5.41) is 3.83. The highest BCUT2D eigenvalue weighted by Gasteiger charge is 2.45. The molecule has 1 amide bonds. The zero-order valence-electron chi connectivity index (χ0n) is 17.7. The molecule has 2 fully saturated rings. The number of nitrogens with zero attached hydrogens (tertiary/aromatic N) is 1. The lowest BCUT2D eigenvalue weighted by Gasteiger charge is -2.28. The minimum Gasteiger partial charge on any atom is -0.447 e. The molecule has 0 saturated heterocycles. The molecule has 1 N–H and O–H groups in total. The number of nitrogens with one attached hydrogen (secondary N) is 1. The molecule has 0 spiro atoms. The Morgan fingerprint density at radius 1 is 1.12 bits per heavy atom. The molecule has 166 valence electrons. The van der Waals surface area contributed by atoms with Crippen LogP contribution in [-0.2, 0) is 20.7 Å². The van der Waals surface area contributed by atoms with Crippen LogP contribution in [0.1, 0.15) is 55.2 Å². The van der Waals surface area contributed by atoms with E-state index in [0.717, 1.165) is 40.9 Å². The van der Waals surface area contributed by atoms with Crippen molar-refractivity contribution in [2.24, 2.45) is 5.41 Å². The summed E-state index contributed by atoms with van der Waals surface area (Å²) in [6.45, 7) is 0. The van der Waals surface area contributed by atoms with Gasteiger partial charge in [0.25, 0.3) is 5.91 Å². The molecular formula is C25H25FN2O3S. The van der Waals surface area contributed by atoms with Crippen molar-refractivity contribution in [3.8, 4) is 0 Å². The van der Waals surface area contributed by atoms with Crippen molar-refractivity contribution in [2.45, 2.75) is 57.1 Å². The number of fused-ring (bicyclic) bond motifs is 1. The standard InChI is InChI=1S/C25H25FN2O3S/c26-17-9-7-16(8-10-17)22(23(29)27-18-11-12-18)31-24(30)25(13-3-4-14-25)15-21-28-19-5-1-2-6-20(19)32-21/h1-2,5-10,18,22H,3-4,11-15H2,(H,27,29). The van der Waals surface area contributed by atoms with Crippen LogP contribution in [0, 0.1) is 11.2 Å². The lowest BCUT2D eigenvalue weighted by Crippen LogP contribution is -2.38. The van der Waals surface area contributed by atoms with Gasteiger partial charge >= 0.3 is 5.97 Å². The van der Waals surface area contributed by atoms with E-state index in [0.29, 0.717) is 24.8 Å². The zero-order chi connectivity index (χ0) is 22.1. The largest absolute Gasteiger partial charge is 0.447 e. The first-order valence-electron chi connectivity index (χ1n) is 11.1. The van der Waals surface area contributed by atoms with Crippen molar-refractivity contribution in [1.82, 2.24) is 10.3 Å². The molecule has 32 heavy (non-hydrogen) atoms. The number of rotatable bonds is 7. The number of esters is 1. The number of benzene rings is 2. The number of aromatic nitrogens is 1. The normalized spacial score (nSPS) is 18.4. The molecule has 0 aliphatic heterocycles. The van der Waals surface area contributed by atoms with E-state index in [4.69, 9.17) is 9.72 Å². The molecule has 5 rings (SSSR count). The molecule has 5 nitrogen and oxygen atoms in total. The van der Waals surface area contributed by atoms with Crippen LogP contribution in [0.3, 0.4) is 0 Å². The number of hydrogen-bond donors (Lipinski definition) is 1. The summed E-state index contributed by atoms with van der Waals surface area (Å²) in [5.74, 6) is -1.11. The van der Waals surface area contributed by atoms with E-state index in [9.17, 15) is 14.0 Å². The van der Waals surface area contributed by atoms with Crippen molar-refractivity contribution in [1.29, 1.82) is 0 Å². The van der Waals surface area contributed by atoms with Crippen LogP contribution in [0.15, 0.2) is 48.5 Å². The molecule has 2 aliphatic rings. The molecule has 0 bridgehead atoms. The van der Waals surface area contributed by atoms with Gasteiger partial charge in [0.05, 0.1) is 20.6 Å². The maximum atomic E-state index is 13.5. The van der Waals surface area contributed by atoms with E-state index in [1.165, 1.54) is 24.3 Å². The predicted octanol–water partition coefficient (Wildman–Crippen LogP) is 5.10. The number of halogens is 1. The van der Waals surface area contributed by atoms with Gasteiger partial charge in [0.1, 0.15) is 5.82 Å². The van der Waals surface area contributed by atoms with Crippen molar-refractivity contribution >= 4 is 33.4 Å². The molecule has 2 aliphatic carbocycles. The first kappa shape index (κ1) is 21.1. The van der Waals surface area contributed by atoms with Crippen LogP contribution in [0.5, 0.6) is 0 Å². The molecular weight excluding hydrogens is 427 g/mol. The van der Waals surface area contributed by atoms with Crippen LogP contribution in [0.25, 0.3) is 10.2 Å². The lowest BCUT2D eigenvalue weighted by molar-refractivity contribution is -0.166. The number of hydrogen-bond acceptors (Lipinski definition) is 5. The summed E-state index contributed by atoms with van der Waals surface area (Å²) < 4.78 is 20.5. The van der Waals surface area contributed by atoms with E-state index in [1.54, 1.807) is 11.3 Å². The average molecular weight is 453 g/mol. The van der Waals surface area contributed by atoms with Crippen molar-refractivity contribution < 1.29 is 18.7 Å². The first-order chi connectivity index (χ1) is 15.5. The number of carbonyl (C=O) groups excluding carboxylic acids is 2. The molecule has 1 aromatic heterocycles. The van der Waals surface area contributed by atoms with Crippen LogP contribution >= 0.6 is 11.3 Å². The monoisotopic (exact) mass is 452 g/mol. The second-order valence-corrected chi connectivity index (χ2v) is 9.97. The van der Waals surface area contributed by atoms with Gasteiger partial charge in [-0.25, -0.2) is 9.37 Å². The third kappa shape index (κ3) is 4.39. The minimum absolute atomic E-state index is 0.132. The van der Waals surface area contributed by atoms with Gasteiger partial charge in [0.15, 0.2) is 0 Å². The SMILES string of the molecule is O=C(NC1CC1)C(OC(=O)C1(Cc2nc3ccccc3s2)CCCC1)c1ccc(F)cc1. The van der Waals surface area contributed by atoms with Crippen LogP contribution < -0.4 is 5.32 Å². The number of ether oxygens (including phenoxy) is 1. The Bertz CT molecular complexity index is 1100. The summed E-state index contributed by atoms with van der Waals surface area (Å²) in [7, 11) is 0. The second-order valence-electron chi connectivity index (χ2n) is 8.86. The summed E-state index contributed by atoms with van der Waals surface area (Å²) >= 11 is 1.60. The van der Waals surface area contributed by atoms with Gasteiger partial charge in [-0.1, -0.05) is 37.1 Å². The van der Waals surface area contributed by atoms with Crippen molar-refractivity contribution in [2.75, 3.05) is 0 Å². The molecule has 1 atom stereocenters. The third-order valence-electron chi connectivity index (χ3n) is 6.38. The highest BCUT2D eigenvalue weighted by molar-refractivity contribution is 7.18. The van der Waals surface area contributed by atoms with Crippen LogP contribution in [-0.4, -0.2) is 22.9 Å². The summed E-state index contributed by atoms with van der Waals surface area (Å²) in [4.78, 5) is 31.2. The van der Waals surface area contributed by atoms with E-state index >= 15 is 0 Å². The maximum Gasteiger partial charge on any atom is 0.313 e. The number of amides is 1. The topological polar surface area (TPSA) is 68.3 Å². The molecule has 1 unspecified atom stereocenters. The van der Waals surface area contributed by atoms with Crippen molar-refractivity contribution in [3.05, 3.63) is 64.9 Å². The van der Waals surface area contributed by atoms with Crippen molar-refractivity contribution in [3.63, 3.8) is 0 Å². The lowest BCUT2D eigenvalue weighted by atomic mass is 9.83. The fourth-order valence-corrected chi connectivity index (χ4v) is 5.55. The Morgan fingerprint density at radius 2 is 1.84 bits per heavy atom. The van der Waals surface area contributed by atoms with Gasteiger partial charge < -0.3 is 10.1 Å². The zero-order valence-corrected chi connectivity index (χ0v) is 18.5. The van der Waals surface area contributed by atoms with E-state index in [2.05, 4.69) is 5.32 Å². The van der Waals surface area contributed by atoms with Gasteiger partial charge in [0.2, 0.25) is 6.10 Å². The Hall–Kier alpha value is -2.80. The Balaban J connectivity index is 1.40. The van der Waals surface area contributed by atoms with E-state index in [1.807, 2.05) is 24.3 Å². The average Bonchev–Trinajstić information content (AvgIpc) is 3.31. The molecule has 2 saturated carbocycles. The summed E-state index contributed by atoms with van der Waals surface area (Å²) in [5.41, 5.74) is 0.722. The van der Waals surface area contributed by atoms with E-state index < -0.39 is 17.3 Å². The highest BCUT2D eigenvalue weighted by atomic mass is 32.1. The third-order valence-corrected chi connectivity index (χ3v) is 7.42. The maximum absolute atomic E-state index is 13.5. The molecule has 1 heterocycles. The fourth-order valence-electron chi connectivity index (χ4n) is 4.44. The molecule has 3 aromatic rings. The smallest absolute Gasteiger partial charge is 0.313 e. The predicted molar refractivity (Wildman–Crippen MR) is 121 cm³/mol. The van der Waals surface area contributed by atoms with Crippen LogP contribution in [0.2, 0.25) is 0 Å². The number of carbonyl (C=O) groups is 2. The molecule has 7 heteroatoms. The molecule has 0 radical (unpaired) electrons. The summed E-state index contributed by atoms with van der Waals surface area (Å²) in [6, 6.07) is 13.7. The number of para-hydroxylation sites is 1. The van der Waals surface area contributed by atoms with Gasteiger partial charge in [-0.3, -0.25) is 9.59 Å². The molecule has 2 aromatic carbocycles.